The minimum atomic E-state index is -0.359. The van der Waals surface area contributed by atoms with Crippen LogP contribution in [0.4, 0.5) is 0 Å². The van der Waals surface area contributed by atoms with Gasteiger partial charge in [-0.15, -0.1) is 0 Å². The van der Waals surface area contributed by atoms with E-state index in [4.69, 9.17) is 0 Å². The van der Waals surface area contributed by atoms with Gasteiger partial charge in [-0.25, -0.2) is 0 Å². The third-order valence-corrected chi connectivity index (χ3v) is 5.79. The van der Waals surface area contributed by atoms with Gasteiger partial charge in [0.1, 0.15) is 0 Å². The summed E-state index contributed by atoms with van der Waals surface area (Å²) in [6.07, 6.45) is 7.52. The average Bonchev–Trinajstić information content (AvgIpc) is 2.99. The first-order chi connectivity index (χ1) is 9.37. The standard InChI is InChI=1S/C17H32N2O/c1-6-16(5)15(20)19(14(18-16)13(3)4)12-17(7-2)10-8-9-11-17/h13-14,18H,6-12H2,1-5H3. The number of rotatable bonds is 5. The lowest BCUT2D eigenvalue weighted by Gasteiger charge is -2.36. The van der Waals surface area contributed by atoms with Crippen LogP contribution >= 0.6 is 0 Å². The van der Waals surface area contributed by atoms with E-state index < -0.39 is 0 Å². The normalized spacial score (nSPS) is 33.4. The zero-order valence-corrected chi connectivity index (χ0v) is 14.0. The summed E-state index contributed by atoms with van der Waals surface area (Å²) in [5, 5.41) is 3.61. The Morgan fingerprint density at radius 3 is 2.30 bits per heavy atom. The van der Waals surface area contributed by atoms with Crippen molar-refractivity contribution in [1.29, 1.82) is 0 Å². The van der Waals surface area contributed by atoms with E-state index >= 15 is 0 Å². The van der Waals surface area contributed by atoms with Crippen LogP contribution in [0.15, 0.2) is 0 Å². The molecule has 2 unspecified atom stereocenters. The van der Waals surface area contributed by atoms with E-state index in [0.717, 1.165) is 13.0 Å². The fourth-order valence-electron chi connectivity index (χ4n) is 3.97. The van der Waals surface area contributed by atoms with Crippen LogP contribution in [0.5, 0.6) is 0 Å². The van der Waals surface area contributed by atoms with Crippen LogP contribution < -0.4 is 5.32 Å². The van der Waals surface area contributed by atoms with Gasteiger partial charge in [-0.3, -0.25) is 10.1 Å². The van der Waals surface area contributed by atoms with Crippen molar-refractivity contribution < 1.29 is 4.79 Å². The molecule has 2 fully saturated rings. The monoisotopic (exact) mass is 280 g/mol. The zero-order chi connectivity index (χ0) is 15.0. The van der Waals surface area contributed by atoms with Crippen molar-refractivity contribution in [3.63, 3.8) is 0 Å². The number of amides is 1. The van der Waals surface area contributed by atoms with Gasteiger partial charge in [-0.1, -0.05) is 40.5 Å². The number of carbonyl (C=O) groups is 1. The van der Waals surface area contributed by atoms with Crippen LogP contribution in [0.25, 0.3) is 0 Å². The van der Waals surface area contributed by atoms with Crippen LogP contribution in [0.1, 0.15) is 73.1 Å². The Morgan fingerprint density at radius 1 is 1.25 bits per heavy atom. The molecule has 1 aliphatic heterocycles. The fraction of sp³-hybridized carbons (Fsp3) is 0.941. The Bertz CT molecular complexity index is 360. The summed E-state index contributed by atoms with van der Waals surface area (Å²) < 4.78 is 0. The van der Waals surface area contributed by atoms with Crippen LogP contribution in [0.3, 0.4) is 0 Å². The molecule has 2 atom stereocenters. The number of carbonyl (C=O) groups excluding carboxylic acids is 1. The molecular weight excluding hydrogens is 248 g/mol. The second-order valence-corrected chi connectivity index (χ2v) is 7.51. The Morgan fingerprint density at radius 2 is 1.85 bits per heavy atom. The van der Waals surface area contributed by atoms with Gasteiger partial charge in [0.15, 0.2) is 0 Å². The predicted molar refractivity (Wildman–Crippen MR) is 83.4 cm³/mol. The van der Waals surface area contributed by atoms with Crippen molar-refractivity contribution in [2.45, 2.75) is 84.8 Å². The highest BCUT2D eigenvalue weighted by molar-refractivity contribution is 5.88. The van der Waals surface area contributed by atoms with Crippen molar-refractivity contribution in [3.05, 3.63) is 0 Å². The topological polar surface area (TPSA) is 32.3 Å². The van der Waals surface area contributed by atoms with Crippen molar-refractivity contribution in [1.82, 2.24) is 10.2 Å². The molecule has 0 bridgehead atoms. The van der Waals surface area contributed by atoms with Crippen molar-refractivity contribution in [2.75, 3.05) is 6.54 Å². The lowest BCUT2D eigenvalue weighted by Crippen LogP contribution is -2.46. The van der Waals surface area contributed by atoms with E-state index in [2.05, 4.69) is 44.8 Å². The molecule has 1 heterocycles. The van der Waals surface area contributed by atoms with E-state index in [1.165, 1.54) is 32.1 Å². The molecule has 1 amide bonds. The van der Waals surface area contributed by atoms with E-state index in [-0.39, 0.29) is 11.7 Å². The molecule has 0 radical (unpaired) electrons. The van der Waals surface area contributed by atoms with Gasteiger partial charge in [0.2, 0.25) is 5.91 Å². The predicted octanol–water partition coefficient (Wildman–Crippen LogP) is 3.54. The second-order valence-electron chi connectivity index (χ2n) is 7.51. The van der Waals surface area contributed by atoms with Gasteiger partial charge in [-0.05, 0) is 43.9 Å². The highest BCUT2D eigenvalue weighted by Crippen LogP contribution is 2.43. The van der Waals surface area contributed by atoms with E-state index in [1.54, 1.807) is 0 Å². The fourth-order valence-corrected chi connectivity index (χ4v) is 3.97. The summed E-state index contributed by atoms with van der Waals surface area (Å²) in [6.45, 7) is 11.9. The number of nitrogens with zero attached hydrogens (tertiary/aromatic N) is 1. The molecule has 0 aromatic rings. The molecule has 1 saturated heterocycles. The Balaban J connectivity index is 2.21. The summed E-state index contributed by atoms with van der Waals surface area (Å²) in [7, 11) is 0. The summed E-state index contributed by atoms with van der Waals surface area (Å²) in [4.78, 5) is 15.1. The summed E-state index contributed by atoms with van der Waals surface area (Å²) >= 11 is 0. The van der Waals surface area contributed by atoms with Crippen molar-refractivity contribution >= 4 is 5.91 Å². The molecule has 0 spiro atoms. The maximum absolute atomic E-state index is 12.9. The average molecular weight is 280 g/mol. The highest BCUT2D eigenvalue weighted by atomic mass is 16.2. The third-order valence-electron chi connectivity index (χ3n) is 5.79. The molecule has 1 saturated carbocycles. The quantitative estimate of drug-likeness (QED) is 0.835. The molecule has 2 rings (SSSR count). The molecular formula is C17H32N2O. The maximum atomic E-state index is 12.9. The van der Waals surface area contributed by atoms with E-state index in [0.29, 0.717) is 17.2 Å². The summed E-state index contributed by atoms with van der Waals surface area (Å²) in [5.74, 6) is 0.779. The first-order valence-corrected chi connectivity index (χ1v) is 8.46. The van der Waals surface area contributed by atoms with Gasteiger partial charge in [-0.2, -0.15) is 0 Å². The van der Waals surface area contributed by atoms with Gasteiger partial charge >= 0.3 is 0 Å². The van der Waals surface area contributed by atoms with Gasteiger partial charge in [0.25, 0.3) is 0 Å². The summed E-state index contributed by atoms with van der Waals surface area (Å²) in [5.41, 5.74) is 0.0198. The smallest absolute Gasteiger partial charge is 0.243 e. The van der Waals surface area contributed by atoms with Gasteiger partial charge in [0.05, 0.1) is 11.7 Å². The van der Waals surface area contributed by atoms with Crippen molar-refractivity contribution in [3.8, 4) is 0 Å². The lowest BCUT2D eigenvalue weighted by atomic mass is 9.82. The Hall–Kier alpha value is -0.570. The molecule has 20 heavy (non-hydrogen) atoms. The Kier molecular flexibility index (Phi) is 4.48. The molecule has 2 aliphatic rings. The second kappa shape index (κ2) is 5.67. The van der Waals surface area contributed by atoms with Crippen LogP contribution in [0, 0.1) is 11.3 Å². The third kappa shape index (κ3) is 2.61. The van der Waals surface area contributed by atoms with Crippen LogP contribution in [-0.4, -0.2) is 29.1 Å². The van der Waals surface area contributed by atoms with Crippen molar-refractivity contribution in [2.24, 2.45) is 11.3 Å². The van der Waals surface area contributed by atoms with Crippen LogP contribution in [-0.2, 0) is 4.79 Å². The number of nitrogens with one attached hydrogen (secondary N) is 1. The molecule has 0 aromatic heterocycles. The molecule has 0 aromatic carbocycles. The minimum Gasteiger partial charge on any atom is -0.325 e. The summed E-state index contributed by atoms with van der Waals surface area (Å²) in [6, 6.07) is 0. The van der Waals surface area contributed by atoms with Gasteiger partial charge < -0.3 is 4.90 Å². The largest absolute Gasteiger partial charge is 0.325 e. The molecule has 1 aliphatic carbocycles. The number of hydrogen-bond donors (Lipinski definition) is 1. The van der Waals surface area contributed by atoms with E-state index in [9.17, 15) is 4.79 Å². The first kappa shape index (κ1) is 15.8. The SMILES string of the molecule is CCC1(CN2C(=O)C(C)(CC)NC2C(C)C)CCCC1. The number of hydrogen-bond acceptors (Lipinski definition) is 2. The Labute approximate surface area is 124 Å². The molecule has 1 N–H and O–H groups in total. The maximum Gasteiger partial charge on any atom is 0.243 e. The first-order valence-electron chi connectivity index (χ1n) is 8.46. The van der Waals surface area contributed by atoms with Crippen LogP contribution in [0.2, 0.25) is 0 Å². The molecule has 3 heteroatoms. The minimum absolute atomic E-state index is 0.205. The lowest BCUT2D eigenvalue weighted by molar-refractivity contribution is -0.135. The molecule has 116 valence electrons. The zero-order valence-electron chi connectivity index (χ0n) is 14.0. The van der Waals surface area contributed by atoms with E-state index in [1.807, 2.05) is 0 Å². The highest BCUT2D eigenvalue weighted by Gasteiger charge is 2.49. The van der Waals surface area contributed by atoms with Gasteiger partial charge in [0, 0.05) is 6.54 Å². The molecule has 3 nitrogen and oxygen atoms in total.